The molecule has 0 bridgehead atoms. The Morgan fingerprint density at radius 1 is 1.73 bits per heavy atom. The maximum absolute atomic E-state index is 10.8. The highest BCUT2D eigenvalue weighted by Crippen LogP contribution is 2.04. The first-order valence-corrected chi connectivity index (χ1v) is 4.21. The summed E-state index contributed by atoms with van der Waals surface area (Å²) in [5.74, 6) is 0.195. The quantitative estimate of drug-likeness (QED) is 0.615. The predicted molar refractivity (Wildman–Crippen MR) is 44.3 cm³/mol. The van der Waals surface area contributed by atoms with Gasteiger partial charge in [0.05, 0.1) is 0 Å². The van der Waals surface area contributed by atoms with Crippen molar-refractivity contribution in [2.75, 3.05) is 6.54 Å². The van der Waals surface area contributed by atoms with E-state index in [9.17, 15) is 4.79 Å². The normalized spacial score (nSPS) is 24.3. The number of hydrogen-bond donors (Lipinski definition) is 2. The fraction of sp³-hybridized carbons (Fsp3) is 0.875. The molecule has 1 aliphatic rings. The minimum atomic E-state index is 0.195. The van der Waals surface area contributed by atoms with Crippen molar-refractivity contribution in [3.05, 3.63) is 0 Å². The summed E-state index contributed by atoms with van der Waals surface area (Å²) in [6, 6.07) is 0.873. The molecule has 0 aliphatic carbocycles. The summed E-state index contributed by atoms with van der Waals surface area (Å²) in [5, 5.41) is 6.20. The van der Waals surface area contributed by atoms with Crippen LogP contribution in [0.5, 0.6) is 0 Å². The van der Waals surface area contributed by atoms with Crippen molar-refractivity contribution in [1.82, 2.24) is 10.6 Å². The van der Waals surface area contributed by atoms with Gasteiger partial charge in [0.1, 0.15) is 0 Å². The highest BCUT2D eigenvalue weighted by Gasteiger charge is 2.19. The maximum atomic E-state index is 10.8. The van der Waals surface area contributed by atoms with E-state index in [0.29, 0.717) is 18.5 Å². The van der Waals surface area contributed by atoms with Gasteiger partial charge in [0.25, 0.3) is 0 Å². The molecule has 1 atom stereocenters. The van der Waals surface area contributed by atoms with E-state index in [1.54, 1.807) is 0 Å². The largest absolute Gasteiger partial charge is 0.352 e. The Bertz CT molecular complexity index is 145. The average molecular weight is 156 g/mol. The fourth-order valence-corrected chi connectivity index (χ4v) is 1.21. The first kappa shape index (κ1) is 8.53. The maximum Gasteiger partial charge on any atom is 0.220 e. The van der Waals surface area contributed by atoms with Crippen LogP contribution in [0.25, 0.3) is 0 Å². The van der Waals surface area contributed by atoms with Gasteiger partial charge < -0.3 is 10.6 Å². The SMILES string of the molecule is CC(C)NC[C@@H]1CCC(=O)N1. The smallest absolute Gasteiger partial charge is 0.220 e. The summed E-state index contributed by atoms with van der Waals surface area (Å²) in [6.07, 6.45) is 1.68. The molecule has 64 valence electrons. The van der Waals surface area contributed by atoms with Gasteiger partial charge in [-0.3, -0.25) is 4.79 Å². The van der Waals surface area contributed by atoms with Crippen molar-refractivity contribution >= 4 is 5.91 Å². The lowest BCUT2D eigenvalue weighted by Gasteiger charge is -2.13. The predicted octanol–water partition coefficient (Wildman–Crippen LogP) is 0.263. The van der Waals surface area contributed by atoms with Gasteiger partial charge in [0, 0.05) is 25.0 Å². The van der Waals surface area contributed by atoms with E-state index in [1.807, 2.05) is 0 Å². The van der Waals surface area contributed by atoms with Gasteiger partial charge in [-0.05, 0) is 6.42 Å². The fourth-order valence-electron chi connectivity index (χ4n) is 1.21. The lowest BCUT2D eigenvalue weighted by Crippen LogP contribution is -2.38. The van der Waals surface area contributed by atoms with Crippen LogP contribution in [-0.2, 0) is 4.79 Å². The molecule has 1 saturated heterocycles. The van der Waals surface area contributed by atoms with Gasteiger partial charge in [-0.1, -0.05) is 13.8 Å². The molecular formula is C8H16N2O. The summed E-state index contributed by atoms with van der Waals surface area (Å²) < 4.78 is 0. The lowest BCUT2D eigenvalue weighted by molar-refractivity contribution is -0.119. The third-order valence-corrected chi connectivity index (χ3v) is 1.86. The second-order valence-electron chi connectivity index (χ2n) is 3.37. The molecule has 11 heavy (non-hydrogen) atoms. The molecule has 1 rings (SSSR count). The van der Waals surface area contributed by atoms with Crippen LogP contribution in [0.15, 0.2) is 0 Å². The molecule has 0 aromatic heterocycles. The Hall–Kier alpha value is -0.570. The van der Waals surface area contributed by atoms with E-state index in [-0.39, 0.29) is 5.91 Å². The first-order chi connectivity index (χ1) is 5.18. The summed E-state index contributed by atoms with van der Waals surface area (Å²) >= 11 is 0. The van der Waals surface area contributed by atoms with Gasteiger partial charge in [-0.25, -0.2) is 0 Å². The standard InChI is InChI=1S/C8H16N2O/c1-6(2)9-5-7-3-4-8(11)10-7/h6-7,9H,3-5H2,1-2H3,(H,10,11)/t7-/m0/s1. The van der Waals surface area contributed by atoms with Gasteiger partial charge in [-0.2, -0.15) is 0 Å². The summed E-state index contributed by atoms with van der Waals surface area (Å²) in [7, 11) is 0. The van der Waals surface area contributed by atoms with Crippen molar-refractivity contribution in [2.45, 2.75) is 38.8 Å². The van der Waals surface area contributed by atoms with Crippen LogP contribution in [0.3, 0.4) is 0 Å². The number of nitrogens with one attached hydrogen (secondary N) is 2. The Labute approximate surface area is 67.5 Å². The van der Waals surface area contributed by atoms with Crippen LogP contribution >= 0.6 is 0 Å². The summed E-state index contributed by atoms with van der Waals surface area (Å²) in [6.45, 7) is 5.12. The van der Waals surface area contributed by atoms with E-state index in [4.69, 9.17) is 0 Å². The van der Waals surface area contributed by atoms with Gasteiger partial charge in [0.2, 0.25) is 5.91 Å². The minimum Gasteiger partial charge on any atom is -0.352 e. The molecule has 0 spiro atoms. The van der Waals surface area contributed by atoms with Crippen LogP contribution in [0.1, 0.15) is 26.7 Å². The molecule has 1 fully saturated rings. The zero-order chi connectivity index (χ0) is 8.27. The molecule has 0 aromatic rings. The van der Waals surface area contributed by atoms with Crippen LogP contribution in [0, 0.1) is 0 Å². The van der Waals surface area contributed by atoms with Crippen molar-refractivity contribution in [3.8, 4) is 0 Å². The zero-order valence-electron chi connectivity index (χ0n) is 7.18. The molecule has 0 unspecified atom stereocenters. The van der Waals surface area contributed by atoms with Crippen molar-refractivity contribution in [2.24, 2.45) is 0 Å². The second kappa shape index (κ2) is 3.72. The van der Waals surface area contributed by atoms with Gasteiger partial charge >= 0.3 is 0 Å². The molecule has 0 saturated carbocycles. The lowest BCUT2D eigenvalue weighted by atomic mass is 10.2. The van der Waals surface area contributed by atoms with E-state index >= 15 is 0 Å². The highest BCUT2D eigenvalue weighted by molar-refractivity contribution is 5.78. The van der Waals surface area contributed by atoms with Crippen molar-refractivity contribution in [1.29, 1.82) is 0 Å². The summed E-state index contributed by atoms with van der Waals surface area (Å²) in [4.78, 5) is 10.8. The van der Waals surface area contributed by atoms with Crippen molar-refractivity contribution in [3.63, 3.8) is 0 Å². The van der Waals surface area contributed by atoms with Crippen molar-refractivity contribution < 1.29 is 4.79 Å². The van der Waals surface area contributed by atoms with E-state index in [1.165, 1.54) is 0 Å². The molecule has 0 aromatic carbocycles. The molecule has 0 radical (unpaired) electrons. The highest BCUT2D eigenvalue weighted by atomic mass is 16.1. The third-order valence-electron chi connectivity index (χ3n) is 1.86. The first-order valence-electron chi connectivity index (χ1n) is 4.21. The van der Waals surface area contributed by atoms with Gasteiger partial charge in [0.15, 0.2) is 0 Å². The van der Waals surface area contributed by atoms with E-state index < -0.39 is 0 Å². The molecule has 2 N–H and O–H groups in total. The number of carbonyl (C=O) groups excluding carboxylic acids is 1. The Kier molecular flexibility index (Phi) is 2.88. The topological polar surface area (TPSA) is 41.1 Å². The van der Waals surface area contributed by atoms with Crippen LogP contribution < -0.4 is 10.6 Å². The van der Waals surface area contributed by atoms with E-state index in [2.05, 4.69) is 24.5 Å². The molecule has 1 aliphatic heterocycles. The molecule has 3 nitrogen and oxygen atoms in total. The Morgan fingerprint density at radius 2 is 2.45 bits per heavy atom. The van der Waals surface area contributed by atoms with Crippen LogP contribution in [-0.4, -0.2) is 24.5 Å². The summed E-state index contributed by atoms with van der Waals surface area (Å²) in [5.41, 5.74) is 0. The Morgan fingerprint density at radius 3 is 2.91 bits per heavy atom. The minimum absolute atomic E-state index is 0.195. The number of hydrogen-bond acceptors (Lipinski definition) is 2. The number of carbonyl (C=O) groups is 1. The monoisotopic (exact) mass is 156 g/mol. The van der Waals surface area contributed by atoms with E-state index in [0.717, 1.165) is 13.0 Å². The number of amides is 1. The Balaban J connectivity index is 2.13. The zero-order valence-corrected chi connectivity index (χ0v) is 7.18. The number of rotatable bonds is 3. The average Bonchev–Trinajstić information content (AvgIpc) is 2.31. The molecular weight excluding hydrogens is 140 g/mol. The molecule has 1 heterocycles. The van der Waals surface area contributed by atoms with Crippen LogP contribution in [0.4, 0.5) is 0 Å². The van der Waals surface area contributed by atoms with Gasteiger partial charge in [-0.15, -0.1) is 0 Å². The molecule has 1 amide bonds. The van der Waals surface area contributed by atoms with Crippen LogP contribution in [0.2, 0.25) is 0 Å². The molecule has 3 heteroatoms. The second-order valence-corrected chi connectivity index (χ2v) is 3.37. The third kappa shape index (κ3) is 2.89.